The van der Waals surface area contributed by atoms with Crippen LogP contribution in [0, 0.1) is 18.8 Å². The Hall–Kier alpha value is -1.70. The lowest BCUT2D eigenvalue weighted by Gasteiger charge is -2.35. The first kappa shape index (κ1) is 15.7. The minimum atomic E-state index is -0.784. The number of aliphatic carboxylic acids is 1. The van der Waals surface area contributed by atoms with Gasteiger partial charge in [-0.05, 0) is 31.6 Å². The first-order valence-corrected chi connectivity index (χ1v) is 7.85. The number of urea groups is 1. The van der Waals surface area contributed by atoms with E-state index in [0.717, 1.165) is 17.8 Å². The highest BCUT2D eigenvalue weighted by Crippen LogP contribution is 2.26. The normalized spacial score (nSPS) is 20.1. The number of aryl methyl sites for hydroxylation is 1. The van der Waals surface area contributed by atoms with Crippen molar-refractivity contribution in [2.45, 2.75) is 33.1 Å². The number of nitrogens with zero attached hydrogens (tertiary/aromatic N) is 3. The first-order chi connectivity index (χ1) is 9.95. The number of nitrogens with one attached hydrogen (secondary N) is 1. The van der Waals surface area contributed by atoms with E-state index in [9.17, 15) is 9.59 Å². The van der Waals surface area contributed by atoms with Gasteiger partial charge in [-0.3, -0.25) is 10.1 Å². The lowest BCUT2D eigenvalue weighted by Crippen LogP contribution is -2.44. The Labute approximate surface area is 127 Å². The Bertz CT molecular complexity index is 519. The second-order valence-corrected chi connectivity index (χ2v) is 6.66. The van der Waals surface area contributed by atoms with Gasteiger partial charge in [-0.2, -0.15) is 0 Å². The molecule has 7 nitrogen and oxygen atoms in total. The molecule has 2 amide bonds. The number of rotatable bonds is 4. The van der Waals surface area contributed by atoms with E-state index < -0.39 is 5.97 Å². The summed E-state index contributed by atoms with van der Waals surface area (Å²) in [5.74, 6) is -0.480. The smallest absolute Gasteiger partial charge is 0.323 e. The maximum absolute atomic E-state index is 12.2. The fourth-order valence-corrected chi connectivity index (χ4v) is 3.20. The third-order valence-electron chi connectivity index (χ3n) is 3.79. The molecular formula is C13H20N4O3S. The molecule has 21 heavy (non-hydrogen) atoms. The van der Waals surface area contributed by atoms with Crippen LogP contribution in [-0.4, -0.2) is 45.3 Å². The van der Waals surface area contributed by atoms with Crippen molar-refractivity contribution in [2.24, 2.45) is 11.8 Å². The van der Waals surface area contributed by atoms with Crippen LogP contribution < -0.4 is 5.32 Å². The van der Waals surface area contributed by atoms with Gasteiger partial charge < -0.3 is 10.0 Å². The molecule has 0 bridgehead atoms. The summed E-state index contributed by atoms with van der Waals surface area (Å²) < 4.78 is 0. The van der Waals surface area contributed by atoms with Crippen molar-refractivity contribution >= 4 is 28.5 Å². The molecular weight excluding hydrogens is 292 g/mol. The lowest BCUT2D eigenvalue weighted by molar-refractivity contribution is -0.138. The zero-order chi connectivity index (χ0) is 15.4. The van der Waals surface area contributed by atoms with Gasteiger partial charge in [-0.15, -0.1) is 10.2 Å². The Morgan fingerprint density at radius 3 is 2.90 bits per heavy atom. The first-order valence-electron chi connectivity index (χ1n) is 7.03. The highest BCUT2D eigenvalue weighted by Gasteiger charge is 2.28. The van der Waals surface area contributed by atoms with Crippen LogP contribution in [0.4, 0.5) is 9.93 Å². The van der Waals surface area contributed by atoms with Crippen molar-refractivity contribution in [3.8, 4) is 0 Å². The summed E-state index contributed by atoms with van der Waals surface area (Å²) in [6, 6.07) is -0.182. The van der Waals surface area contributed by atoms with E-state index in [1.165, 1.54) is 11.3 Å². The van der Waals surface area contributed by atoms with E-state index in [0.29, 0.717) is 18.2 Å². The minimum Gasteiger partial charge on any atom is -0.481 e. The molecule has 1 aromatic rings. The molecule has 1 aromatic heterocycles. The maximum atomic E-state index is 12.2. The molecule has 2 heterocycles. The van der Waals surface area contributed by atoms with E-state index >= 15 is 0 Å². The largest absolute Gasteiger partial charge is 0.481 e. The number of carbonyl (C=O) groups is 2. The molecule has 1 aliphatic rings. The number of anilines is 1. The average Bonchev–Trinajstić information content (AvgIpc) is 2.83. The molecule has 2 rings (SSSR count). The van der Waals surface area contributed by atoms with Crippen LogP contribution >= 0.6 is 11.3 Å². The number of likely N-dealkylation sites (tertiary alicyclic amines) is 1. The van der Waals surface area contributed by atoms with Gasteiger partial charge >= 0.3 is 12.0 Å². The molecule has 0 aliphatic carbocycles. The summed E-state index contributed by atoms with van der Waals surface area (Å²) in [7, 11) is 0. The van der Waals surface area contributed by atoms with Crippen LogP contribution in [0.2, 0.25) is 0 Å². The summed E-state index contributed by atoms with van der Waals surface area (Å²) in [6.07, 6.45) is 2.02. The summed E-state index contributed by atoms with van der Waals surface area (Å²) in [4.78, 5) is 24.7. The topological polar surface area (TPSA) is 95.4 Å². The predicted octanol–water partition coefficient (Wildman–Crippen LogP) is 2.20. The van der Waals surface area contributed by atoms with Crippen LogP contribution in [-0.2, 0) is 4.79 Å². The zero-order valence-electron chi connectivity index (χ0n) is 12.2. The van der Waals surface area contributed by atoms with Crippen LogP contribution in [0.1, 0.15) is 31.2 Å². The number of hydrogen-bond acceptors (Lipinski definition) is 5. The van der Waals surface area contributed by atoms with Gasteiger partial charge in [0.2, 0.25) is 5.13 Å². The maximum Gasteiger partial charge on any atom is 0.323 e. The summed E-state index contributed by atoms with van der Waals surface area (Å²) in [6.45, 7) is 5.06. The van der Waals surface area contributed by atoms with Crippen molar-refractivity contribution in [3.63, 3.8) is 0 Å². The molecule has 2 unspecified atom stereocenters. The summed E-state index contributed by atoms with van der Waals surface area (Å²) in [5.41, 5.74) is 0. The third kappa shape index (κ3) is 4.38. The molecule has 116 valence electrons. The number of piperidine rings is 1. The van der Waals surface area contributed by atoms with Gasteiger partial charge in [0.15, 0.2) is 0 Å². The second kappa shape index (κ2) is 6.84. The second-order valence-electron chi connectivity index (χ2n) is 5.48. The van der Waals surface area contributed by atoms with Crippen LogP contribution in [0.25, 0.3) is 0 Å². The Morgan fingerprint density at radius 2 is 2.29 bits per heavy atom. The molecule has 2 N–H and O–H groups in total. The molecule has 1 saturated heterocycles. The fraction of sp³-hybridized carbons (Fsp3) is 0.692. The fourth-order valence-electron chi connectivity index (χ4n) is 2.62. The molecule has 2 atom stereocenters. The van der Waals surface area contributed by atoms with Gasteiger partial charge in [0.1, 0.15) is 5.01 Å². The average molecular weight is 312 g/mol. The predicted molar refractivity (Wildman–Crippen MR) is 79.4 cm³/mol. The van der Waals surface area contributed by atoms with Crippen molar-refractivity contribution in [1.82, 2.24) is 15.1 Å². The van der Waals surface area contributed by atoms with Crippen LogP contribution in [0.15, 0.2) is 0 Å². The van der Waals surface area contributed by atoms with Gasteiger partial charge in [0, 0.05) is 19.5 Å². The molecule has 1 fully saturated rings. The standard InChI is InChI=1S/C13H20N4O3S/c1-8(6-11(18)19)10-4-3-5-17(7-10)13(20)14-12-16-15-9(2)21-12/h8,10H,3-7H2,1-2H3,(H,18,19)(H,14,16,20). The Balaban J connectivity index is 1.90. The third-order valence-corrected chi connectivity index (χ3v) is 4.54. The minimum absolute atomic E-state index is 0.0712. The van der Waals surface area contributed by atoms with E-state index in [2.05, 4.69) is 15.5 Å². The molecule has 0 aromatic carbocycles. The van der Waals surface area contributed by atoms with Crippen molar-refractivity contribution in [2.75, 3.05) is 18.4 Å². The van der Waals surface area contributed by atoms with Crippen LogP contribution in [0.3, 0.4) is 0 Å². The molecule has 0 spiro atoms. The summed E-state index contributed by atoms with van der Waals surface area (Å²) in [5, 5.41) is 20.7. The molecule has 8 heteroatoms. The van der Waals surface area contributed by atoms with E-state index in [-0.39, 0.29) is 24.3 Å². The number of amides is 2. The monoisotopic (exact) mass is 312 g/mol. The number of carbonyl (C=O) groups excluding carboxylic acids is 1. The highest BCUT2D eigenvalue weighted by molar-refractivity contribution is 7.15. The van der Waals surface area contributed by atoms with Gasteiger partial charge in [-0.25, -0.2) is 4.79 Å². The molecule has 1 aliphatic heterocycles. The number of carboxylic acids is 1. The summed E-state index contributed by atoms with van der Waals surface area (Å²) >= 11 is 1.34. The molecule has 0 radical (unpaired) electrons. The van der Waals surface area contributed by atoms with Crippen molar-refractivity contribution in [3.05, 3.63) is 5.01 Å². The quantitative estimate of drug-likeness (QED) is 0.888. The Kier molecular flexibility index (Phi) is 5.11. The van der Waals surface area contributed by atoms with E-state index in [1.807, 2.05) is 13.8 Å². The van der Waals surface area contributed by atoms with Gasteiger partial charge in [0.05, 0.1) is 0 Å². The zero-order valence-corrected chi connectivity index (χ0v) is 13.0. The van der Waals surface area contributed by atoms with Crippen molar-refractivity contribution in [1.29, 1.82) is 0 Å². The van der Waals surface area contributed by atoms with Crippen LogP contribution in [0.5, 0.6) is 0 Å². The van der Waals surface area contributed by atoms with Gasteiger partial charge in [-0.1, -0.05) is 18.3 Å². The van der Waals surface area contributed by atoms with E-state index in [4.69, 9.17) is 5.11 Å². The SMILES string of the molecule is Cc1nnc(NC(=O)N2CCCC(C(C)CC(=O)O)C2)s1. The number of hydrogen-bond donors (Lipinski definition) is 2. The molecule has 0 saturated carbocycles. The Morgan fingerprint density at radius 1 is 1.52 bits per heavy atom. The lowest BCUT2D eigenvalue weighted by atomic mass is 9.85. The number of aromatic nitrogens is 2. The highest BCUT2D eigenvalue weighted by atomic mass is 32.1. The van der Waals surface area contributed by atoms with Crippen molar-refractivity contribution < 1.29 is 14.7 Å². The number of carboxylic acid groups (broad SMARTS) is 1. The van der Waals surface area contributed by atoms with Gasteiger partial charge in [0.25, 0.3) is 0 Å². The van der Waals surface area contributed by atoms with E-state index in [1.54, 1.807) is 4.90 Å².